The molecule has 1 aromatic carbocycles. The zero-order chi connectivity index (χ0) is 14.5. The number of thiophene rings is 1. The fraction of sp³-hybridized carbons (Fsp3) is 0.412. The molecule has 0 aliphatic carbocycles. The summed E-state index contributed by atoms with van der Waals surface area (Å²) in [5.74, 6) is 0.994. The topological polar surface area (TPSA) is 21.3 Å². The number of aryl methyl sites for hydroxylation is 2. The SMILES string of the molecule is CCCNC(c1ccsc1)c1cc(C)c(OC)c(C)c1. The molecule has 3 heteroatoms. The lowest BCUT2D eigenvalue weighted by molar-refractivity contribution is 0.408. The fourth-order valence-electron chi connectivity index (χ4n) is 2.63. The van der Waals surface area contributed by atoms with Gasteiger partial charge in [-0.1, -0.05) is 19.1 Å². The Morgan fingerprint density at radius 2 is 1.90 bits per heavy atom. The summed E-state index contributed by atoms with van der Waals surface area (Å²) in [7, 11) is 1.74. The molecule has 2 nitrogen and oxygen atoms in total. The molecule has 0 bridgehead atoms. The second-order valence-corrected chi connectivity index (χ2v) is 5.91. The van der Waals surface area contributed by atoms with Crippen molar-refractivity contribution in [3.63, 3.8) is 0 Å². The van der Waals surface area contributed by atoms with Crippen LogP contribution in [0.1, 0.15) is 41.6 Å². The van der Waals surface area contributed by atoms with Gasteiger partial charge in [0.05, 0.1) is 13.2 Å². The highest BCUT2D eigenvalue weighted by Gasteiger charge is 2.16. The van der Waals surface area contributed by atoms with Gasteiger partial charge in [0.15, 0.2) is 0 Å². The fourth-order valence-corrected chi connectivity index (χ4v) is 3.31. The first-order valence-electron chi connectivity index (χ1n) is 7.08. The van der Waals surface area contributed by atoms with E-state index in [1.165, 1.54) is 22.3 Å². The van der Waals surface area contributed by atoms with E-state index >= 15 is 0 Å². The average molecular weight is 289 g/mol. The summed E-state index contributed by atoms with van der Waals surface area (Å²) in [5.41, 5.74) is 5.04. The van der Waals surface area contributed by atoms with Crippen LogP contribution in [0.15, 0.2) is 29.0 Å². The molecule has 1 aromatic heterocycles. The number of ether oxygens (including phenoxy) is 1. The van der Waals surface area contributed by atoms with Gasteiger partial charge in [-0.25, -0.2) is 0 Å². The zero-order valence-electron chi connectivity index (χ0n) is 12.7. The molecule has 0 aliphatic rings. The molecule has 2 rings (SSSR count). The first kappa shape index (κ1) is 15.1. The van der Waals surface area contributed by atoms with Crippen LogP contribution in [-0.2, 0) is 0 Å². The van der Waals surface area contributed by atoms with Gasteiger partial charge in [-0.3, -0.25) is 0 Å². The highest BCUT2D eigenvalue weighted by Crippen LogP contribution is 2.30. The maximum atomic E-state index is 5.46. The summed E-state index contributed by atoms with van der Waals surface area (Å²) < 4.78 is 5.46. The number of benzene rings is 1. The summed E-state index contributed by atoms with van der Waals surface area (Å²) in [5, 5.41) is 8.01. The number of rotatable bonds is 6. The van der Waals surface area contributed by atoms with E-state index in [-0.39, 0.29) is 6.04 Å². The maximum Gasteiger partial charge on any atom is 0.124 e. The van der Waals surface area contributed by atoms with Crippen molar-refractivity contribution in [2.45, 2.75) is 33.2 Å². The molecule has 0 spiro atoms. The Balaban J connectivity index is 2.38. The summed E-state index contributed by atoms with van der Waals surface area (Å²) in [4.78, 5) is 0. The van der Waals surface area contributed by atoms with Crippen molar-refractivity contribution in [3.05, 3.63) is 51.2 Å². The van der Waals surface area contributed by atoms with E-state index in [4.69, 9.17) is 4.74 Å². The van der Waals surface area contributed by atoms with Crippen molar-refractivity contribution in [2.24, 2.45) is 0 Å². The predicted octanol–water partition coefficient (Wildman–Crippen LogP) is 4.46. The Morgan fingerprint density at radius 3 is 2.40 bits per heavy atom. The number of hydrogen-bond acceptors (Lipinski definition) is 3. The van der Waals surface area contributed by atoms with Crippen molar-refractivity contribution in [2.75, 3.05) is 13.7 Å². The van der Waals surface area contributed by atoms with Gasteiger partial charge in [-0.15, -0.1) is 0 Å². The first-order chi connectivity index (χ1) is 9.67. The molecule has 0 fully saturated rings. The molecule has 0 saturated heterocycles. The van der Waals surface area contributed by atoms with Gasteiger partial charge in [0, 0.05) is 0 Å². The molecule has 108 valence electrons. The van der Waals surface area contributed by atoms with E-state index in [2.05, 4.69) is 55.0 Å². The number of nitrogens with one attached hydrogen (secondary N) is 1. The van der Waals surface area contributed by atoms with Crippen molar-refractivity contribution < 1.29 is 4.74 Å². The molecule has 2 aromatic rings. The lowest BCUT2D eigenvalue weighted by Gasteiger charge is -2.20. The minimum Gasteiger partial charge on any atom is -0.496 e. The smallest absolute Gasteiger partial charge is 0.124 e. The quantitative estimate of drug-likeness (QED) is 0.847. The Morgan fingerprint density at radius 1 is 1.20 bits per heavy atom. The van der Waals surface area contributed by atoms with Gasteiger partial charge in [-0.2, -0.15) is 11.3 Å². The van der Waals surface area contributed by atoms with Gasteiger partial charge >= 0.3 is 0 Å². The molecular weight excluding hydrogens is 266 g/mol. The van der Waals surface area contributed by atoms with E-state index in [1.54, 1.807) is 18.4 Å². The van der Waals surface area contributed by atoms with Gasteiger partial charge in [0.25, 0.3) is 0 Å². The summed E-state index contributed by atoms with van der Waals surface area (Å²) in [6, 6.07) is 6.94. The number of methoxy groups -OCH3 is 1. The molecule has 0 saturated carbocycles. The Labute approximate surface area is 125 Å². The largest absolute Gasteiger partial charge is 0.496 e. The summed E-state index contributed by atoms with van der Waals surface area (Å²) in [6.45, 7) is 7.44. The molecule has 1 unspecified atom stereocenters. The maximum absolute atomic E-state index is 5.46. The van der Waals surface area contributed by atoms with E-state index in [1.807, 2.05) is 0 Å². The van der Waals surface area contributed by atoms with Gasteiger partial charge in [0.2, 0.25) is 0 Å². The van der Waals surface area contributed by atoms with E-state index in [9.17, 15) is 0 Å². The third-order valence-electron chi connectivity index (χ3n) is 3.50. The highest BCUT2D eigenvalue weighted by atomic mass is 32.1. The van der Waals surface area contributed by atoms with Crippen LogP contribution < -0.4 is 10.1 Å². The molecule has 1 atom stereocenters. The van der Waals surface area contributed by atoms with Gasteiger partial charge in [0.1, 0.15) is 5.75 Å². The van der Waals surface area contributed by atoms with E-state index < -0.39 is 0 Å². The molecule has 0 amide bonds. The molecule has 0 aliphatic heterocycles. The molecule has 0 radical (unpaired) electrons. The third-order valence-corrected chi connectivity index (χ3v) is 4.20. The lowest BCUT2D eigenvalue weighted by Crippen LogP contribution is -2.23. The molecule has 1 heterocycles. The van der Waals surface area contributed by atoms with Crippen LogP contribution in [0.3, 0.4) is 0 Å². The van der Waals surface area contributed by atoms with Gasteiger partial charge in [-0.05, 0) is 65.9 Å². The van der Waals surface area contributed by atoms with Crippen LogP contribution in [0.4, 0.5) is 0 Å². The minimum atomic E-state index is 0.268. The standard InChI is InChI=1S/C17H23NOS/c1-5-7-18-16(14-6-8-20-11-14)15-9-12(2)17(19-4)13(3)10-15/h6,8-11,16,18H,5,7H2,1-4H3. The number of hydrogen-bond donors (Lipinski definition) is 1. The van der Waals surface area contributed by atoms with Crippen molar-refractivity contribution >= 4 is 11.3 Å². The van der Waals surface area contributed by atoms with E-state index in [0.29, 0.717) is 0 Å². The normalized spacial score (nSPS) is 12.4. The van der Waals surface area contributed by atoms with Crippen LogP contribution >= 0.6 is 11.3 Å². The average Bonchev–Trinajstić information content (AvgIpc) is 2.93. The van der Waals surface area contributed by atoms with E-state index in [0.717, 1.165) is 18.7 Å². The summed E-state index contributed by atoms with van der Waals surface area (Å²) >= 11 is 1.75. The Hall–Kier alpha value is -1.32. The van der Waals surface area contributed by atoms with Crippen LogP contribution in [-0.4, -0.2) is 13.7 Å². The van der Waals surface area contributed by atoms with Crippen LogP contribution in [0.2, 0.25) is 0 Å². The second kappa shape index (κ2) is 6.91. The summed E-state index contributed by atoms with van der Waals surface area (Å²) in [6.07, 6.45) is 1.13. The van der Waals surface area contributed by atoms with Crippen molar-refractivity contribution in [3.8, 4) is 5.75 Å². The zero-order valence-corrected chi connectivity index (χ0v) is 13.5. The van der Waals surface area contributed by atoms with Crippen LogP contribution in [0.25, 0.3) is 0 Å². The molecule has 20 heavy (non-hydrogen) atoms. The monoisotopic (exact) mass is 289 g/mol. The van der Waals surface area contributed by atoms with Crippen LogP contribution in [0.5, 0.6) is 5.75 Å². The van der Waals surface area contributed by atoms with Gasteiger partial charge < -0.3 is 10.1 Å². The highest BCUT2D eigenvalue weighted by molar-refractivity contribution is 7.08. The second-order valence-electron chi connectivity index (χ2n) is 5.13. The Bertz CT molecular complexity index is 525. The van der Waals surface area contributed by atoms with Crippen molar-refractivity contribution in [1.29, 1.82) is 0 Å². The Kier molecular flexibility index (Phi) is 5.21. The molecular formula is C17H23NOS. The van der Waals surface area contributed by atoms with Crippen LogP contribution in [0, 0.1) is 13.8 Å². The molecule has 1 N–H and O–H groups in total. The predicted molar refractivity (Wildman–Crippen MR) is 86.9 cm³/mol. The first-order valence-corrected chi connectivity index (χ1v) is 8.02. The lowest BCUT2D eigenvalue weighted by atomic mass is 9.96. The minimum absolute atomic E-state index is 0.268. The van der Waals surface area contributed by atoms with Crippen molar-refractivity contribution in [1.82, 2.24) is 5.32 Å². The third kappa shape index (κ3) is 3.22.